The fourth-order valence-electron chi connectivity index (χ4n) is 0.456. The summed E-state index contributed by atoms with van der Waals surface area (Å²) in [6, 6.07) is 0. The average molecular weight is 143 g/mol. The number of thiocarbonyl (C=S) groups is 1. The second-order valence-corrected chi connectivity index (χ2v) is 2.91. The molecule has 0 aliphatic heterocycles. The van der Waals surface area contributed by atoms with E-state index < -0.39 is 0 Å². The standard InChI is InChI=1S/C7H13NS/c1-6(2)4-3-5-7(8)9/h3,5-6H,4H2,1-2H3,(H2,8,9)/b5-3+. The lowest BCUT2D eigenvalue weighted by Crippen LogP contribution is -2.02. The lowest BCUT2D eigenvalue weighted by atomic mass is 10.1. The maximum Gasteiger partial charge on any atom is 0.0958 e. The van der Waals surface area contributed by atoms with Gasteiger partial charge < -0.3 is 5.73 Å². The third-order valence-electron chi connectivity index (χ3n) is 0.890. The second kappa shape index (κ2) is 4.50. The summed E-state index contributed by atoms with van der Waals surface area (Å²) in [6.07, 6.45) is 4.83. The predicted octanol–water partition coefficient (Wildman–Crippen LogP) is 1.87. The first-order valence-corrected chi connectivity index (χ1v) is 3.49. The topological polar surface area (TPSA) is 26.0 Å². The molecule has 0 unspecified atom stereocenters. The van der Waals surface area contributed by atoms with E-state index in [1.54, 1.807) is 6.08 Å². The van der Waals surface area contributed by atoms with Gasteiger partial charge in [-0.15, -0.1) is 0 Å². The molecule has 0 rings (SSSR count). The van der Waals surface area contributed by atoms with Gasteiger partial charge >= 0.3 is 0 Å². The molecule has 0 saturated heterocycles. The zero-order valence-corrected chi connectivity index (χ0v) is 6.74. The monoisotopic (exact) mass is 143 g/mol. The molecule has 2 N–H and O–H groups in total. The fraction of sp³-hybridized carbons (Fsp3) is 0.571. The van der Waals surface area contributed by atoms with Gasteiger partial charge in [0.15, 0.2) is 0 Å². The Labute approximate surface area is 61.9 Å². The Morgan fingerprint density at radius 2 is 2.22 bits per heavy atom. The fourth-order valence-corrected chi connectivity index (χ4v) is 0.553. The van der Waals surface area contributed by atoms with E-state index in [2.05, 4.69) is 26.1 Å². The molecule has 0 heterocycles. The molecule has 0 spiro atoms. The summed E-state index contributed by atoms with van der Waals surface area (Å²) in [5.41, 5.74) is 5.22. The van der Waals surface area contributed by atoms with Crippen LogP contribution in [0.4, 0.5) is 0 Å². The summed E-state index contributed by atoms with van der Waals surface area (Å²) in [7, 11) is 0. The first kappa shape index (κ1) is 8.63. The number of hydrogen-bond acceptors (Lipinski definition) is 1. The van der Waals surface area contributed by atoms with Crippen LogP contribution < -0.4 is 5.73 Å². The minimum absolute atomic E-state index is 0.468. The molecule has 2 heteroatoms. The average Bonchev–Trinajstić information content (AvgIpc) is 1.63. The van der Waals surface area contributed by atoms with Crippen molar-refractivity contribution in [3.63, 3.8) is 0 Å². The van der Waals surface area contributed by atoms with E-state index in [0.29, 0.717) is 10.9 Å². The third-order valence-corrected chi connectivity index (χ3v) is 1.03. The van der Waals surface area contributed by atoms with E-state index in [4.69, 9.17) is 5.73 Å². The van der Waals surface area contributed by atoms with E-state index >= 15 is 0 Å². The minimum atomic E-state index is 0.468. The van der Waals surface area contributed by atoms with Gasteiger partial charge in [0.2, 0.25) is 0 Å². The Hall–Kier alpha value is -0.370. The zero-order chi connectivity index (χ0) is 7.28. The van der Waals surface area contributed by atoms with Crippen LogP contribution in [-0.4, -0.2) is 4.99 Å². The van der Waals surface area contributed by atoms with Crippen molar-refractivity contribution in [3.8, 4) is 0 Å². The van der Waals surface area contributed by atoms with Crippen molar-refractivity contribution in [1.29, 1.82) is 0 Å². The molecule has 0 atom stereocenters. The lowest BCUT2D eigenvalue weighted by molar-refractivity contribution is 0.664. The van der Waals surface area contributed by atoms with Crippen LogP contribution >= 0.6 is 12.2 Å². The van der Waals surface area contributed by atoms with Gasteiger partial charge in [-0.25, -0.2) is 0 Å². The molecule has 0 aliphatic carbocycles. The molecule has 0 aliphatic rings. The summed E-state index contributed by atoms with van der Waals surface area (Å²) in [6.45, 7) is 4.31. The van der Waals surface area contributed by atoms with Crippen molar-refractivity contribution >= 4 is 17.2 Å². The van der Waals surface area contributed by atoms with Crippen molar-refractivity contribution in [2.45, 2.75) is 20.3 Å². The van der Waals surface area contributed by atoms with Crippen LogP contribution in [0.3, 0.4) is 0 Å². The molecule has 0 aromatic rings. The maximum absolute atomic E-state index is 5.22. The van der Waals surface area contributed by atoms with Crippen LogP contribution in [0.25, 0.3) is 0 Å². The molecule has 1 nitrogen and oxygen atoms in total. The minimum Gasteiger partial charge on any atom is -0.390 e. The Morgan fingerprint density at radius 1 is 1.67 bits per heavy atom. The smallest absolute Gasteiger partial charge is 0.0958 e. The van der Waals surface area contributed by atoms with Gasteiger partial charge in [0.1, 0.15) is 0 Å². The lowest BCUT2D eigenvalue weighted by Gasteiger charge is -1.95. The van der Waals surface area contributed by atoms with Gasteiger partial charge in [-0.1, -0.05) is 32.1 Å². The highest BCUT2D eigenvalue weighted by atomic mass is 32.1. The Morgan fingerprint density at radius 3 is 2.56 bits per heavy atom. The normalized spacial score (nSPS) is 11.0. The third kappa shape index (κ3) is 7.63. The summed E-state index contributed by atoms with van der Waals surface area (Å²) in [5.74, 6) is 0.690. The Balaban J connectivity index is 3.36. The molecule has 0 fully saturated rings. The summed E-state index contributed by atoms with van der Waals surface area (Å²) >= 11 is 4.64. The van der Waals surface area contributed by atoms with Crippen molar-refractivity contribution < 1.29 is 0 Å². The van der Waals surface area contributed by atoms with Crippen molar-refractivity contribution in [3.05, 3.63) is 12.2 Å². The van der Waals surface area contributed by atoms with Crippen LogP contribution in [0.15, 0.2) is 12.2 Å². The van der Waals surface area contributed by atoms with Crippen LogP contribution in [0, 0.1) is 5.92 Å². The van der Waals surface area contributed by atoms with E-state index in [1.807, 2.05) is 6.08 Å². The molecule has 0 aromatic carbocycles. The molecule has 0 radical (unpaired) electrons. The highest BCUT2D eigenvalue weighted by Gasteiger charge is 1.86. The largest absolute Gasteiger partial charge is 0.390 e. The second-order valence-electron chi connectivity index (χ2n) is 2.43. The van der Waals surface area contributed by atoms with Gasteiger partial charge in [0.05, 0.1) is 4.99 Å². The number of nitrogens with two attached hydrogens (primary N) is 1. The van der Waals surface area contributed by atoms with Crippen molar-refractivity contribution in [1.82, 2.24) is 0 Å². The first-order chi connectivity index (χ1) is 4.13. The van der Waals surface area contributed by atoms with Crippen molar-refractivity contribution in [2.75, 3.05) is 0 Å². The van der Waals surface area contributed by atoms with Crippen LogP contribution in [-0.2, 0) is 0 Å². The van der Waals surface area contributed by atoms with E-state index in [9.17, 15) is 0 Å². The molecule has 9 heavy (non-hydrogen) atoms. The van der Waals surface area contributed by atoms with Gasteiger partial charge in [0, 0.05) is 0 Å². The quantitative estimate of drug-likeness (QED) is 0.482. The first-order valence-electron chi connectivity index (χ1n) is 3.09. The molecule has 0 amide bonds. The zero-order valence-electron chi connectivity index (χ0n) is 5.92. The molecule has 0 aromatic heterocycles. The Bertz CT molecular complexity index is 116. The maximum atomic E-state index is 5.22. The molecular formula is C7H13NS. The Kier molecular flexibility index (Phi) is 4.32. The highest BCUT2D eigenvalue weighted by Crippen LogP contribution is 1.98. The van der Waals surface area contributed by atoms with E-state index in [0.717, 1.165) is 6.42 Å². The van der Waals surface area contributed by atoms with Gasteiger partial charge in [-0.3, -0.25) is 0 Å². The van der Waals surface area contributed by atoms with Crippen LogP contribution in [0.5, 0.6) is 0 Å². The van der Waals surface area contributed by atoms with Gasteiger partial charge in [-0.2, -0.15) is 0 Å². The summed E-state index contributed by atoms with van der Waals surface area (Å²) in [5, 5.41) is 0. The summed E-state index contributed by atoms with van der Waals surface area (Å²) in [4.78, 5) is 0.468. The highest BCUT2D eigenvalue weighted by molar-refractivity contribution is 7.80. The number of allylic oxidation sites excluding steroid dienone is 1. The molecule has 0 saturated carbocycles. The van der Waals surface area contributed by atoms with Crippen LogP contribution in [0.2, 0.25) is 0 Å². The number of rotatable bonds is 3. The molecule has 0 bridgehead atoms. The van der Waals surface area contributed by atoms with E-state index in [-0.39, 0.29) is 0 Å². The predicted molar refractivity (Wildman–Crippen MR) is 45.4 cm³/mol. The SMILES string of the molecule is CC(C)C/C=C/C(N)=S. The summed E-state index contributed by atoms with van der Waals surface area (Å²) < 4.78 is 0. The van der Waals surface area contributed by atoms with Crippen LogP contribution in [0.1, 0.15) is 20.3 Å². The van der Waals surface area contributed by atoms with E-state index in [1.165, 1.54) is 0 Å². The van der Waals surface area contributed by atoms with Gasteiger partial charge in [-0.05, 0) is 18.4 Å². The molecule has 52 valence electrons. The molecular weight excluding hydrogens is 130 g/mol. The van der Waals surface area contributed by atoms with Crippen molar-refractivity contribution in [2.24, 2.45) is 11.7 Å². The number of hydrogen-bond donors (Lipinski definition) is 1. The van der Waals surface area contributed by atoms with Gasteiger partial charge in [0.25, 0.3) is 0 Å².